The fraction of sp³-hybridized carbons (Fsp3) is 0. The Kier molecular flexibility index (Phi) is 2.93. The summed E-state index contributed by atoms with van der Waals surface area (Å²) in [5.74, 6) is -5.02. The molecule has 1 aromatic carbocycles. The number of halogens is 3. The second-order valence-corrected chi connectivity index (χ2v) is 4.13. The minimum absolute atomic E-state index is 0.0695. The molecule has 0 bridgehead atoms. The van der Waals surface area contributed by atoms with Gasteiger partial charge in [0.15, 0.2) is 17.5 Å². The first-order valence-electron chi connectivity index (χ1n) is 4.37. The van der Waals surface area contributed by atoms with Crippen molar-refractivity contribution in [2.24, 2.45) is 0 Å². The lowest BCUT2D eigenvalue weighted by molar-refractivity contribution is -0.115. The lowest BCUT2D eigenvalue weighted by atomic mass is 10.2. The number of benzene rings is 1. The van der Waals surface area contributed by atoms with Gasteiger partial charge < -0.3 is 0 Å². The highest BCUT2D eigenvalue weighted by atomic mass is 32.2. The van der Waals surface area contributed by atoms with Crippen LogP contribution in [0.5, 0.6) is 0 Å². The van der Waals surface area contributed by atoms with E-state index in [1.165, 1.54) is 0 Å². The third kappa shape index (κ3) is 2.19. The zero-order valence-electron chi connectivity index (χ0n) is 8.09. The molecule has 0 saturated carbocycles. The number of amides is 2. The van der Waals surface area contributed by atoms with Crippen LogP contribution in [0.2, 0.25) is 0 Å². The Labute approximate surface area is 97.7 Å². The van der Waals surface area contributed by atoms with Crippen LogP contribution < -0.4 is 5.32 Å². The van der Waals surface area contributed by atoms with Crippen molar-refractivity contribution in [1.29, 1.82) is 0 Å². The van der Waals surface area contributed by atoms with Crippen LogP contribution in [0, 0.1) is 17.5 Å². The second-order valence-electron chi connectivity index (χ2n) is 3.12. The van der Waals surface area contributed by atoms with E-state index >= 15 is 0 Å². The van der Waals surface area contributed by atoms with Gasteiger partial charge in [-0.05, 0) is 30.0 Å². The summed E-state index contributed by atoms with van der Waals surface area (Å²) in [5.41, 5.74) is -0.295. The quantitative estimate of drug-likeness (QED) is 0.622. The smallest absolute Gasteiger partial charge is 0.282 e. The van der Waals surface area contributed by atoms with E-state index in [4.69, 9.17) is 0 Å². The van der Waals surface area contributed by atoms with Crippen molar-refractivity contribution in [3.8, 4) is 0 Å². The maximum absolute atomic E-state index is 13.3. The summed E-state index contributed by atoms with van der Waals surface area (Å²) >= 11 is 0.566. The lowest BCUT2D eigenvalue weighted by Crippen LogP contribution is -2.17. The van der Waals surface area contributed by atoms with Crippen LogP contribution >= 0.6 is 11.8 Å². The molecule has 1 aliphatic rings. The number of imide groups is 1. The lowest BCUT2D eigenvalue weighted by Gasteiger charge is -2.00. The maximum Gasteiger partial charge on any atom is 0.290 e. The van der Waals surface area contributed by atoms with E-state index in [0.717, 1.165) is 18.2 Å². The van der Waals surface area contributed by atoms with E-state index in [9.17, 15) is 22.8 Å². The van der Waals surface area contributed by atoms with E-state index in [2.05, 4.69) is 0 Å². The Hall–Kier alpha value is -1.76. The van der Waals surface area contributed by atoms with Gasteiger partial charge in [-0.15, -0.1) is 0 Å². The fourth-order valence-corrected chi connectivity index (χ4v) is 1.89. The van der Waals surface area contributed by atoms with Gasteiger partial charge in [-0.25, -0.2) is 13.2 Å². The summed E-state index contributed by atoms with van der Waals surface area (Å²) in [6, 6.07) is 1.72. The van der Waals surface area contributed by atoms with Gasteiger partial charge in [0.1, 0.15) is 0 Å². The van der Waals surface area contributed by atoms with Crippen molar-refractivity contribution >= 4 is 29.0 Å². The Morgan fingerprint density at radius 3 is 2.41 bits per heavy atom. The molecule has 1 heterocycles. The van der Waals surface area contributed by atoms with Crippen LogP contribution in [0.15, 0.2) is 17.0 Å². The maximum atomic E-state index is 13.3. The SMILES string of the molecule is O=C1NC(=O)/C(=C/c2ccc(F)c(F)c2F)S1. The largest absolute Gasteiger partial charge is 0.290 e. The Morgan fingerprint density at radius 1 is 1.12 bits per heavy atom. The van der Waals surface area contributed by atoms with E-state index in [1.807, 2.05) is 5.32 Å². The third-order valence-electron chi connectivity index (χ3n) is 1.99. The van der Waals surface area contributed by atoms with Crippen LogP contribution in [0.4, 0.5) is 18.0 Å². The van der Waals surface area contributed by atoms with Gasteiger partial charge in [0.2, 0.25) is 0 Å². The molecular formula is C10H4F3NO2S. The molecule has 1 saturated heterocycles. The standard InChI is InChI=1S/C10H4F3NO2S/c11-5-2-1-4(7(12)8(5)13)3-6-9(15)14-10(16)17-6/h1-3H,(H,14,15,16)/b6-3-. The number of carbonyl (C=O) groups is 2. The zero-order chi connectivity index (χ0) is 12.6. The highest BCUT2D eigenvalue weighted by Gasteiger charge is 2.25. The Morgan fingerprint density at radius 2 is 1.82 bits per heavy atom. The Bertz CT molecular complexity index is 557. The van der Waals surface area contributed by atoms with Crippen LogP contribution in [0.3, 0.4) is 0 Å². The predicted octanol–water partition coefficient (Wildman–Crippen LogP) is 2.43. The number of thioether (sulfide) groups is 1. The number of carbonyl (C=O) groups excluding carboxylic acids is 2. The van der Waals surface area contributed by atoms with Gasteiger partial charge in [0.25, 0.3) is 11.1 Å². The normalized spacial score (nSPS) is 17.7. The first-order chi connectivity index (χ1) is 7.99. The molecule has 0 aromatic heterocycles. The summed E-state index contributed by atoms with van der Waals surface area (Å²) in [6.07, 6.45) is 0.989. The minimum Gasteiger partial charge on any atom is -0.282 e. The van der Waals surface area contributed by atoms with E-state index < -0.39 is 28.6 Å². The van der Waals surface area contributed by atoms with Crippen LogP contribution in [0.1, 0.15) is 5.56 Å². The number of hydrogen-bond acceptors (Lipinski definition) is 3. The van der Waals surface area contributed by atoms with Crippen molar-refractivity contribution in [3.05, 3.63) is 40.1 Å². The molecule has 3 nitrogen and oxygen atoms in total. The van der Waals surface area contributed by atoms with Gasteiger partial charge in [0, 0.05) is 5.56 Å². The highest BCUT2D eigenvalue weighted by molar-refractivity contribution is 8.18. The molecule has 1 aromatic rings. The summed E-state index contributed by atoms with van der Waals surface area (Å²) in [6.45, 7) is 0. The summed E-state index contributed by atoms with van der Waals surface area (Å²) in [4.78, 5) is 21.9. The monoisotopic (exact) mass is 259 g/mol. The molecule has 1 fully saturated rings. The average molecular weight is 259 g/mol. The molecule has 1 N–H and O–H groups in total. The molecule has 0 radical (unpaired) electrons. The van der Waals surface area contributed by atoms with E-state index in [0.29, 0.717) is 11.8 Å². The molecule has 0 spiro atoms. The van der Waals surface area contributed by atoms with Crippen molar-refractivity contribution in [2.75, 3.05) is 0 Å². The van der Waals surface area contributed by atoms with Gasteiger partial charge >= 0.3 is 0 Å². The molecule has 2 rings (SSSR count). The summed E-state index contributed by atoms with van der Waals surface area (Å²) < 4.78 is 38.8. The fourth-order valence-electron chi connectivity index (χ4n) is 1.21. The van der Waals surface area contributed by atoms with Crippen molar-refractivity contribution in [2.45, 2.75) is 0 Å². The molecule has 2 amide bonds. The van der Waals surface area contributed by atoms with Gasteiger partial charge in [-0.2, -0.15) is 0 Å². The minimum atomic E-state index is -1.62. The van der Waals surface area contributed by atoms with Crippen molar-refractivity contribution in [3.63, 3.8) is 0 Å². The zero-order valence-corrected chi connectivity index (χ0v) is 8.91. The Balaban J connectivity index is 2.43. The molecule has 0 atom stereocenters. The van der Waals surface area contributed by atoms with Crippen LogP contribution in [-0.2, 0) is 4.79 Å². The van der Waals surface area contributed by atoms with Crippen LogP contribution in [-0.4, -0.2) is 11.1 Å². The van der Waals surface area contributed by atoms with Crippen molar-refractivity contribution < 1.29 is 22.8 Å². The molecule has 0 aliphatic carbocycles. The molecule has 88 valence electrons. The average Bonchev–Trinajstić information content (AvgIpc) is 2.58. The third-order valence-corrected chi connectivity index (χ3v) is 2.80. The molecular weight excluding hydrogens is 255 g/mol. The summed E-state index contributed by atoms with van der Waals surface area (Å²) in [7, 11) is 0. The number of hydrogen-bond donors (Lipinski definition) is 1. The van der Waals surface area contributed by atoms with Crippen LogP contribution in [0.25, 0.3) is 6.08 Å². The first kappa shape index (κ1) is 11.7. The molecule has 7 heteroatoms. The second kappa shape index (κ2) is 4.25. The highest BCUT2D eigenvalue weighted by Crippen LogP contribution is 2.27. The topological polar surface area (TPSA) is 46.2 Å². The molecule has 0 unspecified atom stereocenters. The predicted molar refractivity (Wildman–Crippen MR) is 55.4 cm³/mol. The van der Waals surface area contributed by atoms with E-state index in [1.54, 1.807) is 0 Å². The van der Waals surface area contributed by atoms with Gasteiger partial charge in [-0.3, -0.25) is 14.9 Å². The molecule has 17 heavy (non-hydrogen) atoms. The van der Waals surface area contributed by atoms with E-state index in [-0.39, 0.29) is 10.5 Å². The van der Waals surface area contributed by atoms with Gasteiger partial charge in [-0.1, -0.05) is 0 Å². The number of rotatable bonds is 1. The van der Waals surface area contributed by atoms with Gasteiger partial charge in [0.05, 0.1) is 4.91 Å². The van der Waals surface area contributed by atoms with Crippen molar-refractivity contribution in [1.82, 2.24) is 5.32 Å². The molecule has 1 aliphatic heterocycles. The number of nitrogens with one attached hydrogen (secondary N) is 1. The summed E-state index contributed by atoms with van der Waals surface area (Å²) in [5, 5.41) is 1.37. The first-order valence-corrected chi connectivity index (χ1v) is 5.19.